The van der Waals surface area contributed by atoms with Crippen LogP contribution in [0.3, 0.4) is 0 Å². The standard InChI is InChI=1S/C15H26N4O5.C8H13NO3/c1-3-24-15(23)13(7-5-11(21)9-17)19-14(22)12(18-2)6-4-10(20)8-16;1-2-6-12-8(11)7(9)4-3-5-10/h9,12-13,17-18H,3-8,16H2,1-2H3,(H,19,22);2,5,7H,1,3-4,6,9H2. The third kappa shape index (κ3) is 17.2. The van der Waals surface area contributed by atoms with E-state index in [2.05, 4.69) is 21.9 Å². The number of hydrogen-bond donors (Lipinski definition) is 5. The molecule has 0 bridgehead atoms. The summed E-state index contributed by atoms with van der Waals surface area (Å²) in [6.45, 7) is 5.23. The Hall–Kier alpha value is -3.29. The molecule has 13 nitrogen and oxygen atoms in total. The Bertz CT molecular complexity index is 744. The van der Waals surface area contributed by atoms with E-state index in [0.717, 1.165) is 6.29 Å². The predicted molar refractivity (Wildman–Crippen MR) is 132 cm³/mol. The van der Waals surface area contributed by atoms with Crippen LogP contribution in [-0.2, 0) is 38.2 Å². The molecule has 0 aliphatic heterocycles. The van der Waals surface area contributed by atoms with Crippen molar-refractivity contribution in [2.75, 3.05) is 26.8 Å². The third-order valence-electron chi connectivity index (χ3n) is 4.57. The van der Waals surface area contributed by atoms with Crippen molar-refractivity contribution in [3.8, 4) is 0 Å². The number of ether oxygens (including phenoxy) is 2. The van der Waals surface area contributed by atoms with Gasteiger partial charge in [0.15, 0.2) is 5.78 Å². The number of likely N-dealkylation sites (N-methyl/N-ethyl adjacent to an activating group) is 1. The van der Waals surface area contributed by atoms with Crippen molar-refractivity contribution in [3.63, 3.8) is 0 Å². The van der Waals surface area contributed by atoms with Crippen molar-refractivity contribution in [2.24, 2.45) is 11.5 Å². The lowest BCUT2D eigenvalue weighted by Crippen LogP contribution is -2.50. The first-order chi connectivity index (χ1) is 17.1. The van der Waals surface area contributed by atoms with Crippen molar-refractivity contribution in [3.05, 3.63) is 12.7 Å². The predicted octanol–water partition coefficient (Wildman–Crippen LogP) is -1.05. The molecule has 0 heterocycles. The molecule has 204 valence electrons. The van der Waals surface area contributed by atoms with E-state index in [1.165, 1.54) is 6.08 Å². The summed E-state index contributed by atoms with van der Waals surface area (Å²) in [5, 5.41) is 12.2. The normalized spacial score (nSPS) is 12.4. The number of carbonyl (C=O) groups is 6. The SMILES string of the molecule is C=CCOC(=O)C(N)CCC=O.CCOC(=O)C(CCC(=O)C=N)NC(=O)C(CCC(=O)CN)NC. The minimum atomic E-state index is -0.984. The average molecular weight is 514 g/mol. The molecule has 0 saturated carbocycles. The molecule has 13 heteroatoms. The van der Waals surface area contributed by atoms with E-state index in [9.17, 15) is 28.8 Å². The quantitative estimate of drug-likeness (QED) is 0.0606. The maximum Gasteiger partial charge on any atom is 0.328 e. The molecular weight excluding hydrogens is 474 g/mol. The zero-order chi connectivity index (χ0) is 27.9. The highest BCUT2D eigenvalue weighted by molar-refractivity contribution is 6.26. The van der Waals surface area contributed by atoms with Crippen LogP contribution in [0.5, 0.6) is 0 Å². The summed E-state index contributed by atoms with van der Waals surface area (Å²) in [5.74, 6) is -2.21. The summed E-state index contributed by atoms with van der Waals surface area (Å²) in [4.78, 5) is 67.5. The molecule has 1 amide bonds. The fourth-order valence-corrected chi connectivity index (χ4v) is 2.55. The highest BCUT2D eigenvalue weighted by Crippen LogP contribution is 2.04. The van der Waals surface area contributed by atoms with E-state index < -0.39 is 41.8 Å². The van der Waals surface area contributed by atoms with Crippen molar-refractivity contribution in [1.29, 1.82) is 5.41 Å². The van der Waals surface area contributed by atoms with Crippen molar-refractivity contribution in [1.82, 2.24) is 10.6 Å². The molecule has 3 atom stereocenters. The molecule has 0 spiro atoms. The third-order valence-corrected chi connectivity index (χ3v) is 4.57. The lowest BCUT2D eigenvalue weighted by atomic mass is 10.1. The Morgan fingerprint density at radius 1 is 1.03 bits per heavy atom. The van der Waals surface area contributed by atoms with E-state index >= 15 is 0 Å². The summed E-state index contributed by atoms with van der Waals surface area (Å²) in [5.41, 5.74) is 10.6. The first kappa shape index (κ1) is 34.9. The molecule has 0 fully saturated rings. The van der Waals surface area contributed by atoms with Crippen LogP contribution in [0.25, 0.3) is 0 Å². The van der Waals surface area contributed by atoms with Crippen LogP contribution in [0.15, 0.2) is 12.7 Å². The van der Waals surface area contributed by atoms with Gasteiger partial charge in [0.2, 0.25) is 5.91 Å². The maximum atomic E-state index is 12.3. The topological polar surface area (TPSA) is 221 Å². The largest absolute Gasteiger partial charge is 0.464 e. The number of hydrogen-bond acceptors (Lipinski definition) is 12. The van der Waals surface area contributed by atoms with Gasteiger partial charge in [-0.05, 0) is 33.2 Å². The minimum Gasteiger partial charge on any atom is -0.464 e. The number of esters is 2. The molecule has 0 aliphatic rings. The first-order valence-electron chi connectivity index (χ1n) is 11.5. The number of amides is 1. The molecule has 3 unspecified atom stereocenters. The molecule has 36 heavy (non-hydrogen) atoms. The smallest absolute Gasteiger partial charge is 0.328 e. The lowest BCUT2D eigenvalue weighted by molar-refractivity contribution is -0.148. The summed E-state index contributed by atoms with van der Waals surface area (Å²) < 4.78 is 9.54. The molecule has 0 aromatic rings. The van der Waals surface area contributed by atoms with Crippen molar-refractivity contribution >= 4 is 41.9 Å². The Labute approximate surface area is 211 Å². The summed E-state index contributed by atoms with van der Waals surface area (Å²) in [6, 6.07) is -2.35. The van der Waals surface area contributed by atoms with Crippen LogP contribution in [0.2, 0.25) is 0 Å². The number of aldehydes is 1. The number of nitrogens with one attached hydrogen (secondary N) is 3. The molecule has 0 radical (unpaired) electrons. The Morgan fingerprint density at radius 3 is 2.17 bits per heavy atom. The highest BCUT2D eigenvalue weighted by atomic mass is 16.5. The van der Waals surface area contributed by atoms with Gasteiger partial charge in [-0.2, -0.15) is 0 Å². The zero-order valence-corrected chi connectivity index (χ0v) is 21.0. The van der Waals surface area contributed by atoms with Crippen LogP contribution in [0.1, 0.15) is 45.4 Å². The van der Waals surface area contributed by atoms with Gasteiger partial charge < -0.3 is 41.8 Å². The molecule has 0 aliphatic carbocycles. The molecule has 0 aromatic carbocycles. The second kappa shape index (κ2) is 22.2. The van der Waals surface area contributed by atoms with Crippen molar-refractivity contribution in [2.45, 2.75) is 63.6 Å². The maximum absolute atomic E-state index is 12.3. The first-order valence-corrected chi connectivity index (χ1v) is 11.5. The lowest BCUT2D eigenvalue weighted by Gasteiger charge is -2.21. The number of carbonyl (C=O) groups excluding carboxylic acids is 6. The monoisotopic (exact) mass is 513 g/mol. The fraction of sp³-hybridized carbons (Fsp3) is 0.609. The van der Waals surface area contributed by atoms with Gasteiger partial charge in [-0.15, -0.1) is 0 Å². The van der Waals surface area contributed by atoms with Gasteiger partial charge in [0, 0.05) is 19.3 Å². The number of Topliss-reactive ketones (excluding diaryl/α,β-unsaturated/α-hetero) is 2. The summed E-state index contributed by atoms with van der Waals surface area (Å²) in [6.07, 6.45) is 3.84. The number of ketones is 2. The second-order valence-electron chi connectivity index (χ2n) is 7.35. The van der Waals surface area contributed by atoms with Crippen LogP contribution < -0.4 is 22.1 Å². The van der Waals surface area contributed by atoms with Gasteiger partial charge in [-0.1, -0.05) is 12.7 Å². The van der Waals surface area contributed by atoms with Crippen LogP contribution >= 0.6 is 0 Å². The molecule has 0 saturated heterocycles. The van der Waals surface area contributed by atoms with Gasteiger partial charge in [-0.3, -0.25) is 19.2 Å². The molecule has 0 aromatic heterocycles. The number of rotatable bonds is 19. The Morgan fingerprint density at radius 2 is 1.67 bits per heavy atom. The number of nitrogens with two attached hydrogens (primary N) is 2. The molecular formula is C23H39N5O8. The van der Waals surface area contributed by atoms with Crippen LogP contribution in [0.4, 0.5) is 0 Å². The van der Waals surface area contributed by atoms with Gasteiger partial charge in [-0.25, -0.2) is 4.79 Å². The minimum absolute atomic E-state index is 0.0386. The highest BCUT2D eigenvalue weighted by Gasteiger charge is 2.26. The van der Waals surface area contributed by atoms with Gasteiger partial charge in [0.1, 0.15) is 30.8 Å². The fourth-order valence-electron chi connectivity index (χ4n) is 2.55. The summed E-state index contributed by atoms with van der Waals surface area (Å²) in [7, 11) is 1.56. The Kier molecular flexibility index (Phi) is 21.5. The molecule has 7 N–H and O–H groups in total. The average Bonchev–Trinajstić information content (AvgIpc) is 2.88. The van der Waals surface area contributed by atoms with E-state index in [1.807, 2.05) is 0 Å². The van der Waals surface area contributed by atoms with Crippen LogP contribution in [-0.4, -0.2) is 86.8 Å². The van der Waals surface area contributed by atoms with E-state index in [1.54, 1.807) is 14.0 Å². The second-order valence-corrected chi connectivity index (χ2v) is 7.35. The van der Waals surface area contributed by atoms with Gasteiger partial charge in [0.05, 0.1) is 25.4 Å². The van der Waals surface area contributed by atoms with Crippen LogP contribution in [0, 0.1) is 5.41 Å². The summed E-state index contributed by atoms with van der Waals surface area (Å²) >= 11 is 0. The van der Waals surface area contributed by atoms with Gasteiger partial charge in [0.25, 0.3) is 0 Å². The van der Waals surface area contributed by atoms with E-state index in [4.69, 9.17) is 21.6 Å². The van der Waals surface area contributed by atoms with E-state index in [-0.39, 0.29) is 57.6 Å². The molecule has 0 rings (SSSR count). The Balaban J connectivity index is 0. The van der Waals surface area contributed by atoms with Crippen molar-refractivity contribution < 1.29 is 38.2 Å². The zero-order valence-electron chi connectivity index (χ0n) is 21.0. The van der Waals surface area contributed by atoms with Gasteiger partial charge >= 0.3 is 11.9 Å². The van der Waals surface area contributed by atoms with E-state index in [0.29, 0.717) is 12.6 Å².